The van der Waals surface area contributed by atoms with Crippen LogP contribution >= 0.6 is 0 Å². The Morgan fingerprint density at radius 3 is 2.57 bits per heavy atom. The second kappa shape index (κ2) is 8.86. The fourth-order valence-electron chi connectivity index (χ4n) is 3.46. The number of piperidine rings is 1. The van der Waals surface area contributed by atoms with E-state index in [-0.39, 0.29) is 17.5 Å². The molecule has 30 heavy (non-hydrogen) atoms. The molecule has 6 nitrogen and oxygen atoms in total. The average molecular weight is 410 g/mol. The van der Waals surface area contributed by atoms with Crippen LogP contribution in [0, 0.1) is 17.6 Å². The molecule has 154 valence electrons. The molecule has 0 bridgehead atoms. The Balaban J connectivity index is 1.48. The van der Waals surface area contributed by atoms with Gasteiger partial charge in [-0.05, 0) is 37.1 Å². The van der Waals surface area contributed by atoms with Crippen molar-refractivity contribution >= 4 is 17.4 Å². The molecule has 0 radical (unpaired) electrons. The number of aromatic nitrogens is 2. The highest BCUT2D eigenvalue weighted by Crippen LogP contribution is 2.31. The van der Waals surface area contributed by atoms with E-state index in [0.29, 0.717) is 37.0 Å². The van der Waals surface area contributed by atoms with Gasteiger partial charge in [0.25, 0.3) is 5.88 Å². The number of benzene rings is 2. The molecule has 3 aromatic rings. The second-order valence-corrected chi connectivity index (χ2v) is 7.03. The summed E-state index contributed by atoms with van der Waals surface area (Å²) in [6.07, 6.45) is 4.55. The first-order valence-electron chi connectivity index (χ1n) is 9.64. The van der Waals surface area contributed by atoms with Crippen LogP contribution in [0.2, 0.25) is 0 Å². The lowest BCUT2D eigenvalue weighted by Crippen LogP contribution is -2.41. The van der Waals surface area contributed by atoms with Crippen molar-refractivity contribution in [2.45, 2.75) is 12.8 Å². The van der Waals surface area contributed by atoms with Gasteiger partial charge in [-0.1, -0.05) is 18.2 Å². The lowest BCUT2D eigenvalue weighted by atomic mass is 9.97. The summed E-state index contributed by atoms with van der Waals surface area (Å²) in [7, 11) is 0. The van der Waals surface area contributed by atoms with Crippen LogP contribution in [0.25, 0.3) is 0 Å². The minimum Gasteiger partial charge on any atom is -0.436 e. The number of amides is 1. The first-order chi connectivity index (χ1) is 14.6. The van der Waals surface area contributed by atoms with Gasteiger partial charge in [-0.3, -0.25) is 4.79 Å². The average Bonchev–Trinajstić information content (AvgIpc) is 2.74. The Morgan fingerprint density at radius 1 is 1.07 bits per heavy atom. The van der Waals surface area contributed by atoms with Crippen molar-refractivity contribution in [3.63, 3.8) is 0 Å². The Labute approximate surface area is 172 Å². The molecular formula is C22H20F2N4O2. The van der Waals surface area contributed by atoms with E-state index in [1.54, 1.807) is 12.4 Å². The number of nitrogens with zero attached hydrogens (tertiary/aromatic N) is 3. The monoisotopic (exact) mass is 410 g/mol. The van der Waals surface area contributed by atoms with Gasteiger partial charge in [-0.2, -0.15) is 0 Å². The van der Waals surface area contributed by atoms with Crippen LogP contribution in [0.3, 0.4) is 0 Å². The maximum atomic E-state index is 13.4. The minimum absolute atomic E-state index is 0.0993. The third kappa shape index (κ3) is 4.71. The molecule has 1 fully saturated rings. The topological polar surface area (TPSA) is 67.4 Å². The number of carbonyl (C=O) groups is 1. The Hall–Kier alpha value is -3.55. The fourth-order valence-corrected chi connectivity index (χ4v) is 3.46. The van der Waals surface area contributed by atoms with E-state index in [1.165, 1.54) is 0 Å². The molecule has 4 rings (SSSR count). The maximum absolute atomic E-state index is 13.4. The lowest BCUT2D eigenvalue weighted by molar-refractivity contribution is -0.120. The SMILES string of the molecule is O=C(Nc1cc(F)cc(F)c1)[C@H]1CCCN(c2nccnc2Oc2ccccc2)C1. The fraction of sp³-hybridized carbons (Fsp3) is 0.227. The van der Waals surface area contributed by atoms with Gasteiger partial charge in [0.05, 0.1) is 5.92 Å². The lowest BCUT2D eigenvalue weighted by Gasteiger charge is -2.33. The first-order valence-corrected chi connectivity index (χ1v) is 9.64. The first kappa shape index (κ1) is 19.8. The Bertz CT molecular complexity index is 1010. The summed E-state index contributed by atoms with van der Waals surface area (Å²) in [4.78, 5) is 23.3. The van der Waals surface area contributed by atoms with Gasteiger partial charge in [0.15, 0.2) is 5.82 Å². The predicted molar refractivity (Wildman–Crippen MR) is 108 cm³/mol. The standard InChI is InChI=1S/C22H20F2N4O2/c23-16-11-17(24)13-18(12-16)27-21(29)15-5-4-10-28(14-15)20-22(26-9-8-25-20)30-19-6-2-1-3-7-19/h1-3,6-9,11-13,15H,4-5,10,14H2,(H,27,29)/t15-/m0/s1. The summed E-state index contributed by atoms with van der Waals surface area (Å²) >= 11 is 0. The van der Waals surface area contributed by atoms with Gasteiger partial charge in [0.2, 0.25) is 5.91 Å². The number of hydrogen-bond acceptors (Lipinski definition) is 5. The molecule has 0 aliphatic carbocycles. The van der Waals surface area contributed by atoms with Gasteiger partial charge in [-0.25, -0.2) is 18.7 Å². The molecule has 1 aliphatic rings. The zero-order chi connectivity index (χ0) is 20.9. The number of anilines is 2. The van der Waals surface area contributed by atoms with Gasteiger partial charge >= 0.3 is 0 Å². The molecule has 0 spiro atoms. The molecule has 1 N–H and O–H groups in total. The minimum atomic E-state index is -0.738. The van der Waals surface area contributed by atoms with E-state index in [9.17, 15) is 13.6 Å². The van der Waals surface area contributed by atoms with Gasteiger partial charge < -0.3 is 15.0 Å². The molecule has 2 aromatic carbocycles. The Kier molecular flexibility index (Phi) is 5.83. The molecule has 1 atom stereocenters. The number of halogens is 2. The Morgan fingerprint density at radius 2 is 1.80 bits per heavy atom. The van der Waals surface area contributed by atoms with Crippen LogP contribution in [0.5, 0.6) is 11.6 Å². The molecular weight excluding hydrogens is 390 g/mol. The van der Waals surface area contributed by atoms with E-state index >= 15 is 0 Å². The van der Waals surface area contributed by atoms with E-state index in [2.05, 4.69) is 15.3 Å². The largest absolute Gasteiger partial charge is 0.436 e. The van der Waals surface area contributed by atoms with E-state index in [1.807, 2.05) is 35.2 Å². The van der Waals surface area contributed by atoms with Crippen molar-refractivity contribution in [1.29, 1.82) is 0 Å². The van der Waals surface area contributed by atoms with E-state index in [0.717, 1.165) is 24.6 Å². The summed E-state index contributed by atoms with van der Waals surface area (Å²) in [5.74, 6) is -0.585. The molecule has 1 amide bonds. The van der Waals surface area contributed by atoms with Crippen LogP contribution < -0.4 is 15.0 Å². The number of nitrogens with one attached hydrogen (secondary N) is 1. The van der Waals surface area contributed by atoms with Crippen LogP contribution in [-0.2, 0) is 4.79 Å². The molecule has 1 aromatic heterocycles. The quantitative estimate of drug-likeness (QED) is 0.675. The highest BCUT2D eigenvalue weighted by atomic mass is 19.1. The van der Waals surface area contributed by atoms with Gasteiger partial charge in [0, 0.05) is 37.2 Å². The van der Waals surface area contributed by atoms with Crippen LogP contribution in [0.15, 0.2) is 60.9 Å². The van der Waals surface area contributed by atoms with Gasteiger partial charge in [0.1, 0.15) is 17.4 Å². The molecule has 0 unspecified atom stereocenters. The third-order valence-electron chi connectivity index (χ3n) is 4.83. The van der Waals surface area contributed by atoms with Crippen molar-refractivity contribution < 1.29 is 18.3 Å². The van der Waals surface area contributed by atoms with Crippen molar-refractivity contribution in [2.24, 2.45) is 5.92 Å². The molecule has 8 heteroatoms. The predicted octanol–water partition coefficient (Wildman–Crippen LogP) is 4.40. The van der Waals surface area contributed by atoms with Crippen molar-refractivity contribution in [3.8, 4) is 11.6 Å². The summed E-state index contributed by atoms with van der Waals surface area (Å²) in [5.41, 5.74) is 0.0993. The van der Waals surface area contributed by atoms with Crippen molar-refractivity contribution in [2.75, 3.05) is 23.3 Å². The third-order valence-corrected chi connectivity index (χ3v) is 4.83. The van der Waals surface area contributed by atoms with Crippen LogP contribution in [-0.4, -0.2) is 29.0 Å². The number of hydrogen-bond donors (Lipinski definition) is 1. The maximum Gasteiger partial charge on any atom is 0.263 e. The van der Waals surface area contributed by atoms with Crippen LogP contribution in [0.4, 0.5) is 20.3 Å². The highest BCUT2D eigenvalue weighted by Gasteiger charge is 2.28. The van der Waals surface area contributed by atoms with E-state index in [4.69, 9.17) is 4.74 Å². The number of para-hydroxylation sites is 1. The zero-order valence-corrected chi connectivity index (χ0v) is 16.1. The van der Waals surface area contributed by atoms with Crippen molar-refractivity contribution in [3.05, 3.63) is 72.6 Å². The normalized spacial score (nSPS) is 16.2. The van der Waals surface area contributed by atoms with Crippen molar-refractivity contribution in [1.82, 2.24) is 9.97 Å². The molecule has 0 saturated carbocycles. The molecule has 1 aliphatic heterocycles. The summed E-state index contributed by atoms with van der Waals surface area (Å²) in [6, 6.07) is 12.2. The number of rotatable bonds is 5. The smallest absolute Gasteiger partial charge is 0.263 e. The number of carbonyl (C=O) groups excluding carboxylic acids is 1. The summed E-state index contributed by atoms with van der Waals surface area (Å²) in [6.45, 7) is 1.09. The molecule has 2 heterocycles. The summed E-state index contributed by atoms with van der Waals surface area (Å²) in [5, 5.41) is 2.61. The van der Waals surface area contributed by atoms with Crippen LogP contribution in [0.1, 0.15) is 12.8 Å². The number of ether oxygens (including phenoxy) is 1. The highest BCUT2D eigenvalue weighted by molar-refractivity contribution is 5.93. The van der Waals surface area contributed by atoms with Gasteiger partial charge in [-0.15, -0.1) is 0 Å². The summed E-state index contributed by atoms with van der Waals surface area (Å²) < 4.78 is 32.7. The zero-order valence-electron chi connectivity index (χ0n) is 16.1. The second-order valence-electron chi connectivity index (χ2n) is 7.03. The molecule has 1 saturated heterocycles. The van der Waals surface area contributed by atoms with E-state index < -0.39 is 11.6 Å².